The molecule has 7 rings (SSSR count). The van der Waals surface area contributed by atoms with E-state index in [1.54, 1.807) is 0 Å². The minimum absolute atomic E-state index is 0.0329. The summed E-state index contributed by atoms with van der Waals surface area (Å²) in [5, 5.41) is 0.676. The third-order valence-electron chi connectivity index (χ3n) is 7.57. The number of aromatic nitrogens is 1. The van der Waals surface area contributed by atoms with Crippen LogP contribution in [0.1, 0.15) is 40.3 Å². The summed E-state index contributed by atoms with van der Waals surface area (Å²) in [7, 11) is 0. The molecule has 4 aromatic carbocycles. The van der Waals surface area contributed by atoms with E-state index >= 15 is 0 Å². The summed E-state index contributed by atoms with van der Waals surface area (Å²) in [6, 6.07) is 32.0. The van der Waals surface area contributed by atoms with Gasteiger partial charge in [-0.05, 0) is 71.5 Å². The van der Waals surface area contributed by atoms with E-state index in [9.17, 15) is 4.79 Å². The predicted molar refractivity (Wildman–Crippen MR) is 169 cm³/mol. The van der Waals surface area contributed by atoms with Crippen molar-refractivity contribution >= 4 is 50.6 Å². The second-order valence-corrected chi connectivity index (χ2v) is 12.4. The number of hydrogen-bond acceptors (Lipinski definition) is 4. The first-order valence-electron chi connectivity index (χ1n) is 13.4. The summed E-state index contributed by atoms with van der Waals surface area (Å²) >= 11 is 11.3. The number of thiazole rings is 1. The summed E-state index contributed by atoms with van der Waals surface area (Å²) in [6.45, 7) is 0.367. The van der Waals surface area contributed by atoms with Crippen molar-refractivity contribution in [2.24, 2.45) is 4.99 Å². The van der Waals surface area contributed by atoms with Gasteiger partial charge in [-0.15, -0.1) is 0 Å². The van der Waals surface area contributed by atoms with Crippen LogP contribution >= 0.6 is 38.9 Å². The maximum absolute atomic E-state index is 14.0. The van der Waals surface area contributed by atoms with Crippen molar-refractivity contribution in [3.05, 3.63) is 160 Å². The minimum Gasteiger partial charge on any atom is -0.489 e. The highest BCUT2D eigenvalue weighted by Gasteiger charge is 2.32. The summed E-state index contributed by atoms with van der Waals surface area (Å²) in [6.07, 6.45) is 3.73. The number of rotatable bonds is 5. The molecule has 1 aromatic heterocycles. The SMILES string of the molecule is O=c1/c(=C/c2cccc(OCc3ccccc3Cl)c2)sc2n1[C@H](c1ccc(Br)cc1)C1=C(N=2)c2ccccc2CC1. The molecule has 0 N–H and O–H groups in total. The second-order valence-electron chi connectivity index (χ2n) is 10.1. The van der Waals surface area contributed by atoms with Crippen molar-refractivity contribution in [3.8, 4) is 5.75 Å². The molecule has 0 spiro atoms. The quantitative estimate of drug-likeness (QED) is 0.202. The van der Waals surface area contributed by atoms with Gasteiger partial charge in [0.05, 0.1) is 16.3 Å². The highest BCUT2D eigenvalue weighted by Crippen LogP contribution is 2.41. The number of allylic oxidation sites excluding steroid dienone is 1. The standard InChI is InChI=1S/C34H24BrClN2O2S/c35-25-15-12-23(13-16-25)32-28-17-14-22-7-1-3-10-27(22)31(28)37-34-38(32)33(39)30(41-34)19-21-6-5-9-26(18-21)40-20-24-8-2-4-11-29(24)36/h1-13,15-16,18-19,32H,14,17,20H2/b30-19-/t32-/m1/s1. The van der Waals surface area contributed by atoms with Crippen LogP contribution in [0.4, 0.5) is 0 Å². The molecule has 1 aliphatic carbocycles. The van der Waals surface area contributed by atoms with Gasteiger partial charge in [0.25, 0.3) is 5.56 Å². The van der Waals surface area contributed by atoms with Crippen LogP contribution in [0.2, 0.25) is 5.02 Å². The van der Waals surface area contributed by atoms with Gasteiger partial charge in [0.1, 0.15) is 12.4 Å². The molecule has 0 radical (unpaired) electrons. The molecule has 0 fully saturated rings. The zero-order valence-corrected chi connectivity index (χ0v) is 25.0. The number of halogens is 2. The van der Waals surface area contributed by atoms with Crippen molar-refractivity contribution in [2.75, 3.05) is 0 Å². The zero-order chi connectivity index (χ0) is 27.9. The van der Waals surface area contributed by atoms with E-state index in [4.69, 9.17) is 21.3 Å². The van der Waals surface area contributed by atoms with E-state index in [2.05, 4.69) is 52.3 Å². The van der Waals surface area contributed by atoms with Gasteiger partial charge in [-0.1, -0.05) is 106 Å². The summed E-state index contributed by atoms with van der Waals surface area (Å²) in [5.74, 6) is 0.714. The predicted octanol–water partition coefficient (Wildman–Crippen LogP) is 7.31. The fourth-order valence-electron chi connectivity index (χ4n) is 5.59. The lowest BCUT2D eigenvalue weighted by molar-refractivity contribution is 0.306. The molecule has 1 atom stereocenters. The van der Waals surface area contributed by atoms with Gasteiger partial charge in [-0.25, -0.2) is 4.99 Å². The Labute approximate surface area is 254 Å². The molecule has 4 nitrogen and oxygen atoms in total. The third kappa shape index (κ3) is 5.01. The average Bonchev–Trinajstić information content (AvgIpc) is 3.30. The fourth-order valence-corrected chi connectivity index (χ4v) is 7.05. The maximum atomic E-state index is 14.0. The van der Waals surface area contributed by atoms with E-state index in [0.717, 1.165) is 50.1 Å². The maximum Gasteiger partial charge on any atom is 0.271 e. The van der Waals surface area contributed by atoms with Gasteiger partial charge in [-0.2, -0.15) is 0 Å². The Morgan fingerprint density at radius 2 is 1.78 bits per heavy atom. The smallest absolute Gasteiger partial charge is 0.271 e. The number of aryl methyl sites for hydroxylation is 1. The van der Waals surface area contributed by atoms with Gasteiger partial charge in [0, 0.05) is 20.6 Å². The molecule has 0 saturated carbocycles. The van der Waals surface area contributed by atoms with Crippen LogP contribution in [0.25, 0.3) is 11.8 Å². The molecule has 2 aliphatic rings. The summed E-state index contributed by atoms with van der Waals surface area (Å²) in [5.41, 5.74) is 7.52. The Bertz CT molecular complexity index is 2010. The lowest BCUT2D eigenvalue weighted by Gasteiger charge is -2.30. The molecule has 1 aliphatic heterocycles. The molecule has 202 valence electrons. The van der Waals surface area contributed by atoms with Crippen LogP contribution < -0.4 is 19.6 Å². The van der Waals surface area contributed by atoms with Crippen LogP contribution in [0.15, 0.2) is 117 Å². The monoisotopic (exact) mass is 638 g/mol. The topological polar surface area (TPSA) is 43.6 Å². The average molecular weight is 640 g/mol. The number of benzene rings is 4. The van der Waals surface area contributed by atoms with Crippen molar-refractivity contribution in [2.45, 2.75) is 25.5 Å². The lowest BCUT2D eigenvalue weighted by Crippen LogP contribution is -2.38. The molecule has 0 bridgehead atoms. The first kappa shape index (κ1) is 26.2. The highest BCUT2D eigenvalue weighted by atomic mass is 79.9. The Morgan fingerprint density at radius 3 is 2.63 bits per heavy atom. The first-order chi connectivity index (χ1) is 20.0. The normalized spacial score (nSPS) is 16.0. The van der Waals surface area contributed by atoms with Crippen LogP contribution in [0, 0.1) is 0 Å². The van der Waals surface area contributed by atoms with Crippen LogP contribution in [0.3, 0.4) is 0 Å². The van der Waals surface area contributed by atoms with Crippen molar-refractivity contribution in [1.29, 1.82) is 0 Å². The first-order valence-corrected chi connectivity index (χ1v) is 15.4. The Hall–Kier alpha value is -3.71. The van der Waals surface area contributed by atoms with Gasteiger partial charge < -0.3 is 4.74 Å². The van der Waals surface area contributed by atoms with Crippen molar-refractivity contribution in [3.63, 3.8) is 0 Å². The molecule has 0 saturated heterocycles. The number of nitrogens with zero attached hydrogens (tertiary/aromatic N) is 2. The molecule has 7 heteroatoms. The fraction of sp³-hybridized carbons (Fsp3) is 0.118. The van der Waals surface area contributed by atoms with Crippen molar-refractivity contribution in [1.82, 2.24) is 4.57 Å². The van der Waals surface area contributed by atoms with Gasteiger partial charge in [0.2, 0.25) is 0 Å². The molecule has 41 heavy (non-hydrogen) atoms. The summed E-state index contributed by atoms with van der Waals surface area (Å²) < 4.78 is 9.56. The molecular weight excluding hydrogens is 616 g/mol. The Kier molecular flexibility index (Phi) is 6.99. The van der Waals surface area contributed by atoms with E-state index in [1.807, 2.05) is 71.3 Å². The van der Waals surface area contributed by atoms with Crippen LogP contribution in [-0.4, -0.2) is 4.57 Å². The number of fused-ring (bicyclic) bond motifs is 3. The van der Waals surface area contributed by atoms with Crippen LogP contribution in [-0.2, 0) is 13.0 Å². The molecule has 0 unspecified atom stereocenters. The van der Waals surface area contributed by atoms with Gasteiger partial charge in [-0.3, -0.25) is 9.36 Å². The largest absolute Gasteiger partial charge is 0.489 e. The molecule has 2 heterocycles. The number of ether oxygens (including phenoxy) is 1. The second kappa shape index (κ2) is 10.9. The zero-order valence-electron chi connectivity index (χ0n) is 21.9. The van der Waals surface area contributed by atoms with E-state index in [0.29, 0.717) is 21.9 Å². The van der Waals surface area contributed by atoms with E-state index in [-0.39, 0.29) is 11.6 Å². The summed E-state index contributed by atoms with van der Waals surface area (Å²) in [4.78, 5) is 19.9. The third-order valence-corrected chi connectivity index (χ3v) is 9.45. The lowest BCUT2D eigenvalue weighted by atomic mass is 9.83. The van der Waals surface area contributed by atoms with Gasteiger partial charge in [0.15, 0.2) is 4.80 Å². The van der Waals surface area contributed by atoms with E-state index in [1.165, 1.54) is 22.5 Å². The Balaban J connectivity index is 1.32. The van der Waals surface area contributed by atoms with Crippen molar-refractivity contribution < 1.29 is 4.74 Å². The molecular formula is C34H24BrClN2O2S. The molecule has 0 amide bonds. The van der Waals surface area contributed by atoms with Gasteiger partial charge >= 0.3 is 0 Å². The number of hydrogen-bond donors (Lipinski definition) is 0. The molecule has 5 aromatic rings. The van der Waals surface area contributed by atoms with Crippen LogP contribution in [0.5, 0.6) is 5.75 Å². The highest BCUT2D eigenvalue weighted by molar-refractivity contribution is 9.10. The Morgan fingerprint density at radius 1 is 0.976 bits per heavy atom. The minimum atomic E-state index is -0.199. The van der Waals surface area contributed by atoms with E-state index < -0.39 is 0 Å².